The Morgan fingerprint density at radius 1 is 1.07 bits per heavy atom. The molecule has 0 unspecified atom stereocenters. The van der Waals surface area contributed by atoms with Gasteiger partial charge in [0.2, 0.25) is 0 Å². The molecule has 0 fully saturated rings. The van der Waals surface area contributed by atoms with Gasteiger partial charge in [-0.3, -0.25) is 0 Å². The summed E-state index contributed by atoms with van der Waals surface area (Å²) in [5, 5.41) is 0. The molecule has 27 heavy (non-hydrogen) atoms. The first kappa shape index (κ1) is 25.9. The van der Waals surface area contributed by atoms with Crippen molar-refractivity contribution in [2.24, 2.45) is 0 Å². The maximum absolute atomic E-state index is 3.63. The number of hydrogen-bond acceptors (Lipinski definition) is 0. The van der Waals surface area contributed by atoms with Crippen LogP contribution in [0, 0.1) is 6.07 Å². The molecule has 1 aliphatic carbocycles. The average molecular weight is 562 g/mol. The van der Waals surface area contributed by atoms with Gasteiger partial charge in [0, 0.05) is 0 Å². The number of benzene rings is 2. The summed E-state index contributed by atoms with van der Waals surface area (Å²) in [6, 6.07) is 28.1. The van der Waals surface area contributed by atoms with Crippen molar-refractivity contribution in [3.05, 3.63) is 103 Å². The molecule has 3 aromatic rings. The van der Waals surface area contributed by atoms with Crippen molar-refractivity contribution in [2.45, 2.75) is 26.2 Å². The van der Waals surface area contributed by atoms with Crippen molar-refractivity contribution in [3.8, 4) is 11.1 Å². The Morgan fingerprint density at radius 2 is 1.74 bits per heavy atom. The van der Waals surface area contributed by atoms with Crippen LogP contribution in [0.25, 0.3) is 11.1 Å². The first-order chi connectivity index (χ1) is 12.2. The quantitative estimate of drug-likeness (QED) is 0.190. The Hall–Kier alpha value is -1.15. The molecule has 1 aliphatic rings. The van der Waals surface area contributed by atoms with E-state index in [0.29, 0.717) is 0 Å². The molecule has 0 nitrogen and oxygen atoms in total. The first-order valence-electron chi connectivity index (χ1n) is 8.62. The smallest absolute Gasteiger partial charge is 0.0253 e. The van der Waals surface area contributed by atoms with Crippen molar-refractivity contribution < 1.29 is 48.7 Å². The molecule has 0 bridgehead atoms. The first-order valence-corrected chi connectivity index (χ1v) is 10.4. The van der Waals surface area contributed by atoms with Gasteiger partial charge in [-0.05, 0) is 6.42 Å². The SMILES string of the molecule is C=CCC[C](C)=[Hf+2].[Cl-].[Cl-].[c-]1cccc2c1Cc1ccccc1-2.c1cc[cH-]c1. The van der Waals surface area contributed by atoms with E-state index in [1.165, 1.54) is 52.6 Å². The van der Waals surface area contributed by atoms with E-state index in [2.05, 4.69) is 56.0 Å². The van der Waals surface area contributed by atoms with E-state index in [1.54, 1.807) is 3.26 Å². The predicted molar refractivity (Wildman–Crippen MR) is 106 cm³/mol. The number of allylic oxidation sites excluding steroid dienone is 1. The van der Waals surface area contributed by atoms with Crippen LogP contribution in [0.15, 0.2) is 85.5 Å². The van der Waals surface area contributed by atoms with Gasteiger partial charge >= 0.3 is 59.6 Å². The molecule has 0 saturated heterocycles. The normalized spacial score (nSPS) is 9.59. The molecule has 0 amide bonds. The van der Waals surface area contributed by atoms with E-state index < -0.39 is 0 Å². The predicted octanol–water partition coefficient (Wildman–Crippen LogP) is 0.163. The largest absolute Gasteiger partial charge is 1.00 e. The van der Waals surface area contributed by atoms with Crippen LogP contribution >= 0.6 is 0 Å². The zero-order valence-corrected chi connectivity index (χ0v) is 20.7. The topological polar surface area (TPSA) is 0 Å². The summed E-state index contributed by atoms with van der Waals surface area (Å²) in [6.45, 7) is 5.84. The molecule has 4 rings (SSSR count). The molecule has 0 aromatic heterocycles. The van der Waals surface area contributed by atoms with Crippen molar-refractivity contribution in [2.75, 3.05) is 0 Å². The summed E-state index contributed by atoms with van der Waals surface area (Å²) in [5.74, 6) is 0. The van der Waals surface area contributed by atoms with Gasteiger partial charge < -0.3 is 24.8 Å². The zero-order valence-electron chi connectivity index (χ0n) is 15.6. The second-order valence-electron chi connectivity index (χ2n) is 5.97. The summed E-state index contributed by atoms with van der Waals surface area (Å²) in [6.07, 6.45) is 5.44. The molecule has 140 valence electrons. The van der Waals surface area contributed by atoms with Crippen LogP contribution in [-0.2, 0) is 30.3 Å². The molecule has 0 radical (unpaired) electrons. The molecule has 0 aliphatic heterocycles. The van der Waals surface area contributed by atoms with Crippen LogP contribution in [0.4, 0.5) is 0 Å². The van der Waals surface area contributed by atoms with E-state index in [1.807, 2.05) is 42.5 Å². The number of halogens is 2. The molecule has 3 heteroatoms. The molecule has 0 atom stereocenters. The van der Waals surface area contributed by atoms with Crippen LogP contribution in [0.1, 0.15) is 30.9 Å². The Balaban J connectivity index is 0.000000416. The van der Waals surface area contributed by atoms with Crippen molar-refractivity contribution in [1.29, 1.82) is 0 Å². The Labute approximate surface area is 191 Å². The molecular weight excluding hydrogens is 538 g/mol. The van der Waals surface area contributed by atoms with Gasteiger partial charge in [-0.15, -0.1) is 5.56 Å². The third kappa shape index (κ3) is 9.06. The molecule has 0 heterocycles. The van der Waals surface area contributed by atoms with E-state index >= 15 is 0 Å². The Morgan fingerprint density at radius 3 is 2.30 bits per heavy atom. The number of rotatable bonds is 3. The minimum atomic E-state index is 0. The Bertz CT molecular complexity index is 731. The van der Waals surface area contributed by atoms with Crippen LogP contribution in [0.2, 0.25) is 0 Å². The van der Waals surface area contributed by atoms with Gasteiger partial charge in [-0.1, -0.05) is 35.4 Å². The van der Waals surface area contributed by atoms with Crippen molar-refractivity contribution >= 4 is 3.26 Å². The maximum atomic E-state index is 3.63. The van der Waals surface area contributed by atoms with Gasteiger partial charge in [-0.2, -0.15) is 48.0 Å². The summed E-state index contributed by atoms with van der Waals surface area (Å²) < 4.78 is 1.62. The summed E-state index contributed by atoms with van der Waals surface area (Å²) in [5.41, 5.74) is 5.51. The van der Waals surface area contributed by atoms with Crippen molar-refractivity contribution in [1.82, 2.24) is 0 Å². The molecule has 0 saturated carbocycles. The van der Waals surface area contributed by atoms with Crippen molar-refractivity contribution in [3.63, 3.8) is 0 Å². The monoisotopic (exact) mass is 562 g/mol. The van der Waals surface area contributed by atoms with E-state index in [9.17, 15) is 0 Å². The van der Waals surface area contributed by atoms with Gasteiger partial charge in [0.1, 0.15) is 0 Å². The van der Waals surface area contributed by atoms with E-state index in [0.717, 1.165) is 12.8 Å². The third-order valence-electron chi connectivity index (χ3n) is 3.90. The van der Waals surface area contributed by atoms with E-state index in [-0.39, 0.29) is 24.8 Å². The molecule has 0 spiro atoms. The fraction of sp³-hybridized carbons (Fsp3) is 0.167. The summed E-state index contributed by atoms with van der Waals surface area (Å²) >= 11 is 1.25. The second kappa shape index (κ2) is 14.9. The number of fused-ring (bicyclic) bond motifs is 3. The third-order valence-corrected chi connectivity index (χ3v) is 4.79. The number of hydrogen-bond donors (Lipinski definition) is 0. The fourth-order valence-corrected chi connectivity index (χ4v) is 3.16. The van der Waals surface area contributed by atoms with Gasteiger partial charge in [0.25, 0.3) is 0 Å². The summed E-state index contributed by atoms with van der Waals surface area (Å²) in [7, 11) is 0. The average Bonchev–Trinajstić information content (AvgIpc) is 3.31. The zero-order chi connectivity index (χ0) is 17.9. The maximum Gasteiger partial charge on any atom is -0.0253 e. The van der Waals surface area contributed by atoms with Gasteiger partial charge in [0.05, 0.1) is 0 Å². The van der Waals surface area contributed by atoms with Gasteiger partial charge in [-0.25, -0.2) is 12.1 Å². The molecular formula is C24H24Cl2Hf-2. The minimum absolute atomic E-state index is 0. The van der Waals surface area contributed by atoms with Crippen LogP contribution in [-0.4, -0.2) is 3.26 Å². The fourth-order valence-electron chi connectivity index (χ4n) is 2.64. The minimum Gasteiger partial charge on any atom is -1.00 e. The molecule has 3 aromatic carbocycles. The summed E-state index contributed by atoms with van der Waals surface area (Å²) in [4.78, 5) is 0. The second-order valence-corrected chi connectivity index (χ2v) is 9.03. The van der Waals surface area contributed by atoms with Gasteiger partial charge in [0.15, 0.2) is 0 Å². The molecule has 0 N–H and O–H groups in total. The van der Waals surface area contributed by atoms with Crippen LogP contribution < -0.4 is 24.8 Å². The van der Waals surface area contributed by atoms with E-state index in [4.69, 9.17) is 0 Å². The van der Waals surface area contributed by atoms with Crippen LogP contribution in [0.5, 0.6) is 0 Å². The standard InChI is InChI=1S/C13H9.C6H10.C5H5.2ClH.Hf/c1-3-7-12-10(5-1)9-11-6-2-4-8-13(11)12;1-3-5-6-4-2;1-2-4-5-3-1;;;/h1-5,7-8H,9H2;3H,1,5-6H2,2H3;1-5H;2*1H;/q-1;;-1;;;+2/p-2. The van der Waals surface area contributed by atoms with Crippen LogP contribution in [0.3, 0.4) is 0 Å². The Kier molecular flexibility index (Phi) is 14.2.